The van der Waals surface area contributed by atoms with Gasteiger partial charge in [0.1, 0.15) is 28.7 Å². The van der Waals surface area contributed by atoms with E-state index >= 15 is 0 Å². The molecule has 1 aromatic carbocycles. The highest BCUT2D eigenvalue weighted by Crippen LogP contribution is 2.41. The molecule has 1 saturated heterocycles. The van der Waals surface area contributed by atoms with Gasteiger partial charge in [0, 0.05) is 29.3 Å². The first-order valence-electron chi connectivity index (χ1n) is 12.2. The number of rotatable bonds is 5. The molecule has 1 N–H and O–H groups in total. The third-order valence-corrected chi connectivity index (χ3v) is 7.03. The van der Waals surface area contributed by atoms with Crippen molar-refractivity contribution in [1.29, 1.82) is 0 Å². The SMILES string of the molecule is Cc1nc2nc([C@@H]3C[C@@H](CO)O[C@H](c4cnn(C5CC5)c4)C3)nc(-c3ccc(F)cc3F)c2nc1C. The van der Waals surface area contributed by atoms with E-state index in [1.165, 1.54) is 12.1 Å². The van der Waals surface area contributed by atoms with Crippen molar-refractivity contribution in [3.63, 3.8) is 0 Å². The Bertz CT molecular complexity index is 1450. The summed E-state index contributed by atoms with van der Waals surface area (Å²) in [5, 5.41) is 14.4. The second-order valence-electron chi connectivity index (χ2n) is 9.70. The molecular formula is C26H26F2N6O2. The number of hydrogen-bond acceptors (Lipinski definition) is 7. The van der Waals surface area contributed by atoms with Gasteiger partial charge in [0.2, 0.25) is 0 Å². The molecule has 0 bridgehead atoms. The summed E-state index contributed by atoms with van der Waals surface area (Å²) in [5.74, 6) is -1.11. The van der Waals surface area contributed by atoms with Crippen LogP contribution < -0.4 is 0 Å². The van der Waals surface area contributed by atoms with E-state index in [-0.39, 0.29) is 29.9 Å². The van der Waals surface area contributed by atoms with Crippen LogP contribution >= 0.6 is 0 Å². The second-order valence-corrected chi connectivity index (χ2v) is 9.70. The first-order valence-corrected chi connectivity index (χ1v) is 12.2. The van der Waals surface area contributed by atoms with Crippen LogP contribution in [0.5, 0.6) is 0 Å². The molecule has 0 spiro atoms. The Morgan fingerprint density at radius 3 is 2.61 bits per heavy atom. The molecule has 0 unspecified atom stereocenters. The Kier molecular flexibility index (Phi) is 5.72. The van der Waals surface area contributed by atoms with Gasteiger partial charge in [-0.1, -0.05) is 0 Å². The Morgan fingerprint density at radius 1 is 1.06 bits per heavy atom. The minimum atomic E-state index is -0.730. The minimum Gasteiger partial charge on any atom is -0.394 e. The third kappa shape index (κ3) is 4.24. The monoisotopic (exact) mass is 492 g/mol. The molecule has 36 heavy (non-hydrogen) atoms. The van der Waals surface area contributed by atoms with Crippen molar-refractivity contribution < 1.29 is 18.6 Å². The quantitative estimate of drug-likeness (QED) is 0.438. The lowest BCUT2D eigenvalue weighted by atomic mass is 9.88. The van der Waals surface area contributed by atoms with E-state index < -0.39 is 17.7 Å². The minimum absolute atomic E-state index is 0.135. The molecule has 4 heterocycles. The maximum atomic E-state index is 14.9. The number of halogens is 2. The van der Waals surface area contributed by atoms with Crippen molar-refractivity contribution in [1.82, 2.24) is 29.7 Å². The lowest BCUT2D eigenvalue weighted by Crippen LogP contribution is -2.30. The highest BCUT2D eigenvalue weighted by Gasteiger charge is 2.35. The number of aryl methyl sites for hydroxylation is 2. The molecule has 3 atom stereocenters. The third-order valence-electron chi connectivity index (χ3n) is 7.03. The number of fused-ring (bicyclic) bond motifs is 1. The molecule has 1 aliphatic heterocycles. The number of aromatic nitrogens is 6. The number of aliphatic hydroxyl groups is 1. The first-order chi connectivity index (χ1) is 17.4. The van der Waals surface area contributed by atoms with E-state index in [0.29, 0.717) is 47.3 Å². The molecule has 2 fully saturated rings. The van der Waals surface area contributed by atoms with Crippen LogP contribution in [0.15, 0.2) is 30.6 Å². The Balaban J connectivity index is 1.44. The van der Waals surface area contributed by atoms with Gasteiger partial charge in [0.05, 0.1) is 42.4 Å². The molecule has 4 aromatic rings. The van der Waals surface area contributed by atoms with Crippen LogP contribution in [0.1, 0.15) is 66.5 Å². The van der Waals surface area contributed by atoms with Gasteiger partial charge in [-0.05, 0) is 51.7 Å². The summed E-state index contributed by atoms with van der Waals surface area (Å²) in [6.07, 6.45) is 6.46. The van der Waals surface area contributed by atoms with Gasteiger partial charge in [0.15, 0.2) is 5.65 Å². The van der Waals surface area contributed by atoms with Crippen molar-refractivity contribution in [2.75, 3.05) is 6.61 Å². The zero-order valence-electron chi connectivity index (χ0n) is 20.0. The van der Waals surface area contributed by atoms with Crippen molar-refractivity contribution >= 4 is 11.2 Å². The number of nitrogens with zero attached hydrogens (tertiary/aromatic N) is 6. The maximum Gasteiger partial charge on any atom is 0.182 e. The van der Waals surface area contributed by atoms with Crippen LogP contribution in [-0.4, -0.2) is 47.5 Å². The van der Waals surface area contributed by atoms with Crippen LogP contribution in [-0.2, 0) is 4.74 Å². The predicted molar refractivity (Wildman–Crippen MR) is 127 cm³/mol. The summed E-state index contributed by atoms with van der Waals surface area (Å²) in [5.41, 5.74) is 3.46. The fourth-order valence-corrected chi connectivity index (χ4v) is 4.80. The number of aliphatic hydroxyl groups excluding tert-OH is 1. The molecule has 1 saturated carbocycles. The van der Waals surface area contributed by atoms with Crippen molar-refractivity contribution in [3.8, 4) is 11.3 Å². The number of ether oxygens (including phenoxy) is 1. The second kappa shape index (κ2) is 8.94. The Hall–Kier alpha value is -3.37. The molecule has 186 valence electrons. The van der Waals surface area contributed by atoms with Gasteiger partial charge in [-0.3, -0.25) is 4.68 Å². The standard InChI is InChI=1S/C26H26F2N6O2/c1-13-14(2)31-26-24(30-13)23(20-6-3-17(27)9-21(20)28)32-25(33-26)15-7-19(12-35)36-22(8-15)16-10-29-34(11-16)18-4-5-18/h3,6,9-11,15,18-19,22,35H,4-5,7-8,12H2,1-2H3/t15-,19+,22+/m1/s1. The molecule has 0 amide bonds. The molecule has 0 radical (unpaired) electrons. The molecule has 10 heteroatoms. The summed E-state index contributed by atoms with van der Waals surface area (Å²) < 4.78 is 36.7. The first kappa shape index (κ1) is 23.1. The lowest BCUT2D eigenvalue weighted by molar-refractivity contribution is -0.0819. The van der Waals surface area contributed by atoms with Crippen LogP contribution in [0, 0.1) is 25.5 Å². The molecule has 3 aromatic heterocycles. The van der Waals surface area contributed by atoms with Crippen molar-refractivity contribution in [2.45, 2.75) is 63.7 Å². The van der Waals surface area contributed by atoms with Gasteiger partial charge >= 0.3 is 0 Å². The number of benzene rings is 1. The zero-order chi connectivity index (χ0) is 25.0. The molecule has 2 aliphatic rings. The van der Waals surface area contributed by atoms with E-state index in [2.05, 4.69) is 15.1 Å². The van der Waals surface area contributed by atoms with E-state index in [1.807, 2.05) is 30.9 Å². The Morgan fingerprint density at radius 2 is 1.86 bits per heavy atom. The molecule has 6 rings (SSSR count). The summed E-state index contributed by atoms with van der Waals surface area (Å²) in [6.45, 7) is 3.51. The van der Waals surface area contributed by atoms with Crippen molar-refractivity contribution in [2.24, 2.45) is 0 Å². The molecular weight excluding hydrogens is 466 g/mol. The smallest absolute Gasteiger partial charge is 0.182 e. The van der Waals surface area contributed by atoms with Gasteiger partial charge in [0.25, 0.3) is 0 Å². The lowest BCUT2D eigenvalue weighted by Gasteiger charge is -2.33. The number of hydrogen-bond donors (Lipinski definition) is 1. The van der Waals surface area contributed by atoms with E-state index in [4.69, 9.17) is 14.7 Å². The largest absolute Gasteiger partial charge is 0.394 e. The predicted octanol–water partition coefficient (Wildman–Crippen LogP) is 4.51. The molecule has 1 aliphatic carbocycles. The average Bonchev–Trinajstić information content (AvgIpc) is 3.60. The fourth-order valence-electron chi connectivity index (χ4n) is 4.80. The van der Waals surface area contributed by atoms with Crippen LogP contribution in [0.4, 0.5) is 8.78 Å². The van der Waals surface area contributed by atoms with Gasteiger partial charge in [-0.15, -0.1) is 0 Å². The van der Waals surface area contributed by atoms with Gasteiger partial charge < -0.3 is 9.84 Å². The average molecular weight is 493 g/mol. The maximum absolute atomic E-state index is 14.9. The zero-order valence-corrected chi connectivity index (χ0v) is 20.0. The van der Waals surface area contributed by atoms with E-state index in [1.54, 1.807) is 0 Å². The van der Waals surface area contributed by atoms with Crippen LogP contribution in [0.25, 0.3) is 22.4 Å². The van der Waals surface area contributed by atoms with Gasteiger partial charge in [-0.2, -0.15) is 5.10 Å². The van der Waals surface area contributed by atoms with Gasteiger partial charge in [-0.25, -0.2) is 28.7 Å². The highest BCUT2D eigenvalue weighted by atomic mass is 19.1. The highest BCUT2D eigenvalue weighted by molar-refractivity contribution is 5.87. The van der Waals surface area contributed by atoms with Crippen LogP contribution in [0.2, 0.25) is 0 Å². The summed E-state index contributed by atoms with van der Waals surface area (Å²) in [7, 11) is 0. The summed E-state index contributed by atoms with van der Waals surface area (Å²) in [6, 6.07) is 3.85. The fraction of sp³-hybridized carbons (Fsp3) is 0.423. The van der Waals surface area contributed by atoms with E-state index in [9.17, 15) is 13.9 Å². The summed E-state index contributed by atoms with van der Waals surface area (Å²) in [4.78, 5) is 18.7. The molecule has 8 nitrogen and oxygen atoms in total. The normalized spacial score (nSPS) is 22.3. The Labute approximate surface area is 206 Å². The topological polar surface area (TPSA) is 98.8 Å². The van der Waals surface area contributed by atoms with E-state index in [0.717, 1.165) is 24.5 Å². The van der Waals surface area contributed by atoms with Crippen LogP contribution in [0.3, 0.4) is 0 Å². The summed E-state index contributed by atoms with van der Waals surface area (Å²) >= 11 is 0. The van der Waals surface area contributed by atoms with Crippen molar-refractivity contribution in [3.05, 3.63) is 65.0 Å².